The van der Waals surface area contributed by atoms with Crippen molar-refractivity contribution in [2.75, 3.05) is 6.61 Å². The van der Waals surface area contributed by atoms with Gasteiger partial charge in [0, 0.05) is 23.9 Å². The number of rotatable bonds is 6. The fourth-order valence-corrected chi connectivity index (χ4v) is 3.20. The zero-order valence-corrected chi connectivity index (χ0v) is 19.0. The number of allylic oxidation sites excluding steroid dienone is 1. The van der Waals surface area contributed by atoms with Gasteiger partial charge in [-0.3, -0.25) is 0 Å². The maximum atomic E-state index is 12.3. The van der Waals surface area contributed by atoms with Crippen molar-refractivity contribution >= 4 is 12.0 Å². The maximum Gasteiger partial charge on any atom is 2.00 e. The van der Waals surface area contributed by atoms with E-state index in [1.165, 1.54) is 5.56 Å². The van der Waals surface area contributed by atoms with E-state index < -0.39 is 0 Å². The van der Waals surface area contributed by atoms with Crippen molar-refractivity contribution in [1.82, 2.24) is 4.57 Å². The van der Waals surface area contributed by atoms with Gasteiger partial charge >= 0.3 is 23.0 Å². The molecule has 2 aromatic rings. The summed E-state index contributed by atoms with van der Waals surface area (Å²) < 4.78 is 7.36. The molecule has 4 heteroatoms. The second-order valence-corrected chi connectivity index (χ2v) is 6.87. The molecule has 0 amide bonds. The fourth-order valence-electron chi connectivity index (χ4n) is 3.20. The number of esters is 1. The molecule has 2 saturated carbocycles. The number of benzene rings is 1. The minimum Gasteiger partial charge on any atom is -0.462 e. The molecule has 31 heavy (non-hydrogen) atoms. The topological polar surface area (TPSA) is 31.2 Å². The first-order valence-electron chi connectivity index (χ1n) is 10.2. The average molecular weight is 453 g/mol. The molecule has 0 atom stereocenters. The molecule has 158 valence electrons. The number of ether oxygens (including phenoxy) is 1. The molecule has 2 aliphatic rings. The maximum absolute atomic E-state index is 12.3. The van der Waals surface area contributed by atoms with Gasteiger partial charge in [-0.2, -0.15) is 0 Å². The third kappa shape index (κ3) is 7.70. The van der Waals surface area contributed by atoms with Crippen LogP contribution in [0.3, 0.4) is 0 Å². The minimum absolute atomic E-state index is 0. The Labute approximate surface area is 198 Å². The molecule has 2 fully saturated rings. The van der Waals surface area contributed by atoms with Gasteiger partial charge in [0.2, 0.25) is 0 Å². The SMILES string of the molecule is CCOC(=O)c1cc(/C=C/[C]2[CH][CH][CH][CH]2)n(Cc2ccccc2)c1C.[CH]1[CH][CH][CH][CH]1.[Fe+2]. The molecule has 0 unspecified atom stereocenters. The van der Waals surface area contributed by atoms with Gasteiger partial charge in [-0.1, -0.05) is 36.4 Å². The third-order valence-corrected chi connectivity index (χ3v) is 4.77. The van der Waals surface area contributed by atoms with Gasteiger partial charge in [-0.05, 0) is 89.3 Å². The van der Waals surface area contributed by atoms with Gasteiger partial charge in [0.1, 0.15) is 0 Å². The molecular formula is C27H27FeNO2+2. The number of nitrogens with zero attached hydrogens (tertiary/aromatic N) is 1. The number of carbonyl (C=O) groups is 1. The first-order valence-corrected chi connectivity index (χ1v) is 10.2. The predicted octanol–water partition coefficient (Wildman–Crippen LogP) is 5.46. The second-order valence-electron chi connectivity index (χ2n) is 6.87. The van der Waals surface area contributed by atoms with Crippen LogP contribution in [0.1, 0.15) is 34.2 Å². The summed E-state index contributed by atoms with van der Waals surface area (Å²) in [6, 6.07) is 12.2. The zero-order valence-electron chi connectivity index (χ0n) is 17.8. The van der Waals surface area contributed by atoms with Gasteiger partial charge in [0.05, 0.1) is 12.2 Å². The molecule has 0 bridgehead atoms. The van der Waals surface area contributed by atoms with E-state index in [0.717, 1.165) is 17.3 Å². The Hall–Kier alpha value is -1.77. The molecule has 1 aromatic carbocycles. The number of hydrogen-bond acceptors (Lipinski definition) is 2. The summed E-state index contributed by atoms with van der Waals surface area (Å²) in [4.78, 5) is 12.3. The van der Waals surface area contributed by atoms with E-state index in [9.17, 15) is 4.79 Å². The van der Waals surface area contributed by atoms with Crippen molar-refractivity contribution in [2.45, 2.75) is 20.4 Å². The van der Waals surface area contributed by atoms with Gasteiger partial charge in [-0.15, -0.1) is 0 Å². The van der Waals surface area contributed by atoms with Crippen LogP contribution >= 0.6 is 0 Å². The number of aromatic nitrogens is 1. The molecule has 2 aliphatic carbocycles. The summed E-state index contributed by atoms with van der Waals surface area (Å²) in [5, 5.41) is 0. The van der Waals surface area contributed by atoms with Crippen LogP contribution in [0.25, 0.3) is 6.08 Å². The monoisotopic (exact) mass is 453 g/mol. The Bertz CT molecular complexity index is 808. The number of carbonyl (C=O) groups excluding carboxylic acids is 1. The fraction of sp³-hybridized carbons (Fsp3) is 0.148. The molecule has 0 saturated heterocycles. The van der Waals surface area contributed by atoms with Crippen molar-refractivity contribution in [2.24, 2.45) is 0 Å². The second kappa shape index (κ2) is 13.6. The van der Waals surface area contributed by atoms with Crippen molar-refractivity contribution < 1.29 is 26.6 Å². The summed E-state index contributed by atoms with van der Waals surface area (Å²) >= 11 is 0. The Morgan fingerprint density at radius 1 is 0.935 bits per heavy atom. The van der Waals surface area contributed by atoms with Crippen LogP contribution in [0.4, 0.5) is 0 Å². The van der Waals surface area contributed by atoms with E-state index in [-0.39, 0.29) is 23.0 Å². The van der Waals surface area contributed by atoms with Gasteiger partial charge in [0.25, 0.3) is 0 Å². The first-order chi connectivity index (χ1) is 14.7. The standard InChI is InChI=1S/C22H22NO2.C5H5.Fe/c1-3-25-22(24)21-15-20(14-13-18-9-7-8-10-18)23(17(21)2)16-19-11-5-4-6-12-19;1-2-4-5-3-1;/h4-15H,3,16H2,1-2H3;1-5H;/q;;+2/b14-13+;;. The Kier molecular flexibility index (Phi) is 11.2. The molecule has 0 spiro atoms. The predicted molar refractivity (Wildman–Crippen MR) is 122 cm³/mol. The largest absolute Gasteiger partial charge is 2.00 e. The van der Waals surface area contributed by atoms with Crippen LogP contribution < -0.4 is 0 Å². The van der Waals surface area contributed by atoms with Gasteiger partial charge < -0.3 is 9.30 Å². The molecular weight excluding hydrogens is 426 g/mol. The smallest absolute Gasteiger partial charge is 0.462 e. The average Bonchev–Trinajstić information content (AvgIpc) is 3.53. The van der Waals surface area contributed by atoms with Gasteiger partial charge in [0.15, 0.2) is 0 Å². The van der Waals surface area contributed by atoms with E-state index in [0.29, 0.717) is 18.7 Å². The van der Waals surface area contributed by atoms with Crippen LogP contribution in [0.2, 0.25) is 0 Å². The quantitative estimate of drug-likeness (QED) is 0.430. The van der Waals surface area contributed by atoms with E-state index in [2.05, 4.69) is 35.6 Å². The van der Waals surface area contributed by atoms with Crippen LogP contribution in [0.15, 0.2) is 42.5 Å². The van der Waals surface area contributed by atoms with Crippen LogP contribution in [0, 0.1) is 70.6 Å². The number of hydrogen-bond donors (Lipinski definition) is 0. The van der Waals surface area contributed by atoms with E-state index in [4.69, 9.17) is 4.74 Å². The third-order valence-electron chi connectivity index (χ3n) is 4.77. The van der Waals surface area contributed by atoms with Crippen molar-refractivity contribution in [3.05, 3.63) is 129 Å². The molecule has 0 aliphatic heterocycles. The Morgan fingerprint density at radius 3 is 2.13 bits per heavy atom. The molecule has 3 nitrogen and oxygen atoms in total. The minimum atomic E-state index is -0.269. The summed E-state index contributed by atoms with van der Waals surface area (Å²) in [7, 11) is 0. The van der Waals surface area contributed by atoms with Crippen molar-refractivity contribution in [3.8, 4) is 0 Å². The Balaban J connectivity index is 0.000000501. The molecule has 10 radical (unpaired) electrons. The zero-order chi connectivity index (χ0) is 21.2. The summed E-state index contributed by atoms with van der Waals surface area (Å²) in [6.07, 6.45) is 22.2. The van der Waals surface area contributed by atoms with Crippen LogP contribution in [-0.4, -0.2) is 17.1 Å². The molecule has 0 N–H and O–H groups in total. The summed E-state index contributed by atoms with van der Waals surface area (Å²) in [6.45, 7) is 4.88. The normalized spacial score (nSPS) is 16.1. The molecule has 1 heterocycles. The van der Waals surface area contributed by atoms with Crippen LogP contribution in [-0.2, 0) is 28.4 Å². The van der Waals surface area contributed by atoms with Crippen LogP contribution in [0.5, 0.6) is 0 Å². The summed E-state index contributed by atoms with van der Waals surface area (Å²) in [5.74, 6) is 0.873. The van der Waals surface area contributed by atoms with E-state index >= 15 is 0 Å². The van der Waals surface area contributed by atoms with E-state index in [1.807, 2.05) is 89.1 Å². The van der Waals surface area contributed by atoms with Crippen molar-refractivity contribution in [1.29, 1.82) is 0 Å². The van der Waals surface area contributed by atoms with E-state index in [1.54, 1.807) is 0 Å². The first kappa shape index (κ1) is 25.5. The summed E-state index contributed by atoms with van der Waals surface area (Å²) in [5.41, 5.74) is 3.73. The Morgan fingerprint density at radius 2 is 1.55 bits per heavy atom. The molecule has 1 aromatic heterocycles. The molecule has 4 rings (SSSR count). The van der Waals surface area contributed by atoms with Gasteiger partial charge in [-0.25, -0.2) is 4.79 Å². The van der Waals surface area contributed by atoms with Crippen molar-refractivity contribution in [3.63, 3.8) is 0 Å².